The van der Waals surface area contributed by atoms with E-state index < -0.39 is 77.5 Å². The van der Waals surface area contributed by atoms with E-state index in [9.17, 15) is 27.6 Å². The van der Waals surface area contributed by atoms with Gasteiger partial charge in [0.2, 0.25) is 5.82 Å². The standard InChI is InChI=1S/C36H44F5N9O11/c1-2-9-28-43-31(35(37,38)36(39,40)41)30(48(28)22-23-12-14-24(15-13-23)25-10-3-4-11-26(25)32-44-46-47-45-32)33(52)42-27(34(53)59-19-6-8-21-61-50(56)57)16-17-29(51)58-18-5-7-20-60-49(54)55/h3-4,10-15,27,54-57H,2,5-9,16-22H2,1H3,(H,42,52)(H,44,45,46,47). The van der Waals surface area contributed by atoms with Crippen LogP contribution in [0.4, 0.5) is 22.0 Å². The summed E-state index contributed by atoms with van der Waals surface area (Å²) in [6.45, 7) is 0.378. The van der Waals surface area contributed by atoms with Crippen molar-refractivity contribution in [2.24, 2.45) is 0 Å². The van der Waals surface area contributed by atoms with Crippen LogP contribution in [-0.4, -0.2) is 118 Å². The van der Waals surface area contributed by atoms with E-state index in [-0.39, 0.29) is 70.8 Å². The lowest BCUT2D eigenvalue weighted by atomic mass is 9.98. The topological polar surface area (TPSA) is 260 Å². The molecule has 0 aliphatic heterocycles. The molecule has 0 saturated heterocycles. The fourth-order valence-electron chi connectivity index (χ4n) is 5.82. The minimum absolute atomic E-state index is 0.0902. The molecule has 1 atom stereocenters. The van der Waals surface area contributed by atoms with Crippen molar-refractivity contribution in [3.05, 3.63) is 71.3 Å². The van der Waals surface area contributed by atoms with E-state index in [4.69, 9.17) is 30.3 Å². The first-order chi connectivity index (χ1) is 29.0. The summed E-state index contributed by atoms with van der Waals surface area (Å²) in [4.78, 5) is 52.4. The number of benzene rings is 2. The van der Waals surface area contributed by atoms with Crippen molar-refractivity contribution in [1.29, 1.82) is 0 Å². The number of aryl methyl sites for hydroxylation is 1. The highest BCUT2D eigenvalue weighted by atomic mass is 19.4. The van der Waals surface area contributed by atoms with Crippen LogP contribution in [0, 0.1) is 0 Å². The molecule has 20 nitrogen and oxygen atoms in total. The number of hydrogen-bond donors (Lipinski definition) is 6. The van der Waals surface area contributed by atoms with Crippen LogP contribution >= 0.6 is 0 Å². The number of amides is 1. The van der Waals surface area contributed by atoms with Crippen molar-refractivity contribution in [3.8, 4) is 22.5 Å². The number of rotatable bonds is 25. The molecule has 1 amide bonds. The Morgan fingerprint density at radius 3 is 2.03 bits per heavy atom. The molecule has 2 heterocycles. The average molecular weight is 874 g/mol. The molecular formula is C36H44F5N9O11. The van der Waals surface area contributed by atoms with E-state index in [0.717, 1.165) is 4.57 Å². The van der Waals surface area contributed by atoms with E-state index in [2.05, 4.69) is 40.6 Å². The van der Waals surface area contributed by atoms with E-state index >= 15 is 8.78 Å². The van der Waals surface area contributed by atoms with Crippen molar-refractivity contribution in [3.63, 3.8) is 0 Å². The number of tetrazole rings is 1. The number of H-pyrrole nitrogens is 1. The van der Waals surface area contributed by atoms with Gasteiger partial charge < -0.3 is 19.4 Å². The summed E-state index contributed by atoms with van der Waals surface area (Å²) in [6.07, 6.45) is -6.51. The molecule has 61 heavy (non-hydrogen) atoms. The van der Waals surface area contributed by atoms with Gasteiger partial charge in [-0.3, -0.25) is 40.1 Å². The first-order valence-electron chi connectivity index (χ1n) is 18.7. The Morgan fingerprint density at radius 2 is 1.46 bits per heavy atom. The van der Waals surface area contributed by atoms with Crippen LogP contribution < -0.4 is 5.32 Å². The maximum Gasteiger partial charge on any atom is 0.459 e. The number of ether oxygens (including phenoxy) is 2. The molecule has 4 aromatic rings. The maximum absolute atomic E-state index is 15.3. The third kappa shape index (κ3) is 14.0. The third-order valence-corrected chi connectivity index (χ3v) is 8.73. The largest absolute Gasteiger partial charge is 0.466 e. The van der Waals surface area contributed by atoms with Gasteiger partial charge in [0.1, 0.15) is 17.6 Å². The Bertz CT molecular complexity index is 2000. The van der Waals surface area contributed by atoms with Gasteiger partial charge in [-0.05, 0) is 60.4 Å². The highest BCUT2D eigenvalue weighted by Gasteiger charge is 2.62. The molecule has 1 unspecified atom stereocenters. The van der Waals surface area contributed by atoms with Crippen LogP contribution in [0.3, 0.4) is 0 Å². The van der Waals surface area contributed by atoms with E-state index in [0.29, 0.717) is 28.1 Å². The van der Waals surface area contributed by atoms with Crippen LogP contribution in [0.5, 0.6) is 0 Å². The number of nitrogens with one attached hydrogen (secondary N) is 2. The highest BCUT2D eigenvalue weighted by Crippen LogP contribution is 2.45. The van der Waals surface area contributed by atoms with Crippen molar-refractivity contribution >= 4 is 17.8 Å². The molecule has 0 spiro atoms. The SMILES string of the molecule is CCCc1nc(C(F)(F)C(F)(F)F)c(C(=O)NC(CCC(=O)OCCCCON(O)O)C(=O)OCCCCON(O)O)n1Cc1ccc(-c2ccccc2-c2nn[nH]n2)cc1. The molecule has 25 heteroatoms. The number of aromatic amines is 1. The molecule has 0 radical (unpaired) electrons. The normalized spacial score (nSPS) is 12.5. The minimum Gasteiger partial charge on any atom is -0.466 e. The predicted octanol–water partition coefficient (Wildman–Crippen LogP) is 4.93. The van der Waals surface area contributed by atoms with Gasteiger partial charge in [0.05, 0.1) is 37.2 Å². The molecule has 0 aliphatic carbocycles. The Labute approximate surface area is 343 Å². The number of esters is 2. The van der Waals surface area contributed by atoms with Gasteiger partial charge in [0.15, 0.2) is 5.69 Å². The van der Waals surface area contributed by atoms with Crippen LogP contribution in [0.15, 0.2) is 48.5 Å². The number of carbonyl (C=O) groups excluding carboxylic acids is 3. The first kappa shape index (κ1) is 48.1. The van der Waals surface area contributed by atoms with Gasteiger partial charge in [-0.2, -0.15) is 27.2 Å². The Morgan fingerprint density at radius 1 is 0.852 bits per heavy atom. The number of halogens is 5. The zero-order valence-electron chi connectivity index (χ0n) is 32.6. The highest BCUT2D eigenvalue weighted by molar-refractivity contribution is 5.97. The molecule has 4 rings (SSSR count). The quantitative estimate of drug-likeness (QED) is 0.0223. The van der Waals surface area contributed by atoms with E-state index in [1.807, 2.05) is 0 Å². The van der Waals surface area contributed by atoms with Crippen LogP contribution in [0.25, 0.3) is 22.5 Å². The summed E-state index contributed by atoms with van der Waals surface area (Å²) in [5, 5.41) is 49.6. The molecule has 2 aromatic carbocycles. The van der Waals surface area contributed by atoms with Gasteiger partial charge in [0.25, 0.3) is 5.91 Å². The molecule has 0 saturated carbocycles. The Kier molecular flexibility index (Phi) is 18.1. The molecule has 6 N–H and O–H groups in total. The second-order valence-electron chi connectivity index (χ2n) is 13.2. The Hall–Kier alpha value is -5.54. The molecule has 0 aliphatic rings. The number of aromatic nitrogens is 6. The number of nitrogens with zero attached hydrogens (tertiary/aromatic N) is 7. The lowest BCUT2D eigenvalue weighted by Crippen LogP contribution is -2.44. The summed E-state index contributed by atoms with van der Waals surface area (Å²) < 4.78 is 83.8. The van der Waals surface area contributed by atoms with Gasteiger partial charge in [0, 0.05) is 24.9 Å². The van der Waals surface area contributed by atoms with Crippen molar-refractivity contribution < 1.29 is 76.3 Å². The number of alkyl halides is 5. The summed E-state index contributed by atoms with van der Waals surface area (Å²) in [7, 11) is 0. The van der Waals surface area contributed by atoms with Crippen molar-refractivity contribution in [1.82, 2.24) is 46.3 Å². The predicted molar refractivity (Wildman–Crippen MR) is 194 cm³/mol. The molecule has 334 valence electrons. The number of hydrogen-bond acceptors (Lipinski definition) is 17. The first-order valence-corrected chi connectivity index (χ1v) is 18.7. The van der Waals surface area contributed by atoms with Gasteiger partial charge in [-0.15, -0.1) is 10.2 Å². The molecule has 2 aromatic heterocycles. The number of carbonyl (C=O) groups is 3. The van der Waals surface area contributed by atoms with Gasteiger partial charge in [-0.1, -0.05) is 55.5 Å². The lowest BCUT2D eigenvalue weighted by Gasteiger charge is -2.22. The summed E-state index contributed by atoms with van der Waals surface area (Å²) >= 11 is 0. The molecule has 0 bridgehead atoms. The molecular weight excluding hydrogens is 829 g/mol. The van der Waals surface area contributed by atoms with Crippen molar-refractivity contribution in [2.45, 2.75) is 83.0 Å². The van der Waals surface area contributed by atoms with Crippen LogP contribution in [0.2, 0.25) is 0 Å². The van der Waals surface area contributed by atoms with Gasteiger partial charge in [-0.25, -0.2) is 9.78 Å². The minimum atomic E-state index is -6.19. The monoisotopic (exact) mass is 873 g/mol. The Balaban J connectivity index is 1.64. The van der Waals surface area contributed by atoms with Crippen LogP contribution in [-0.2, 0) is 47.6 Å². The second kappa shape index (κ2) is 22.9. The van der Waals surface area contributed by atoms with E-state index in [1.165, 1.54) is 0 Å². The third-order valence-electron chi connectivity index (χ3n) is 8.73. The zero-order valence-corrected chi connectivity index (χ0v) is 32.6. The second-order valence-corrected chi connectivity index (χ2v) is 13.2. The van der Waals surface area contributed by atoms with Crippen molar-refractivity contribution in [2.75, 3.05) is 26.4 Å². The lowest BCUT2D eigenvalue weighted by molar-refractivity contribution is -0.492. The smallest absolute Gasteiger partial charge is 0.459 e. The summed E-state index contributed by atoms with van der Waals surface area (Å²) in [5.74, 6) is -9.20. The maximum atomic E-state index is 15.3. The summed E-state index contributed by atoms with van der Waals surface area (Å²) in [5.41, 5.74) is -0.720. The van der Waals surface area contributed by atoms with E-state index in [1.54, 1.807) is 55.5 Å². The zero-order chi connectivity index (χ0) is 44.6. The summed E-state index contributed by atoms with van der Waals surface area (Å²) in [6, 6.07) is 11.8. The van der Waals surface area contributed by atoms with Crippen LogP contribution in [0.1, 0.15) is 79.4 Å². The average Bonchev–Trinajstić information content (AvgIpc) is 3.88. The fraction of sp³-hybridized carbons (Fsp3) is 0.472. The number of imidazole rings is 1. The number of unbranched alkanes of at least 4 members (excludes halogenated alkanes) is 2. The fourth-order valence-corrected chi connectivity index (χ4v) is 5.82. The molecule has 0 fully saturated rings. The van der Waals surface area contributed by atoms with Gasteiger partial charge >= 0.3 is 24.0 Å².